The van der Waals surface area contributed by atoms with Gasteiger partial charge in [0.25, 0.3) is 0 Å². The number of allylic oxidation sites excluding steroid dienone is 3. The molecule has 1 amide bonds. The lowest BCUT2D eigenvalue weighted by Crippen LogP contribution is -2.45. The van der Waals surface area contributed by atoms with Crippen molar-refractivity contribution in [1.29, 1.82) is 0 Å². The molecule has 20 heavy (non-hydrogen) atoms. The maximum absolute atomic E-state index is 13.2. The molecule has 0 radical (unpaired) electrons. The quantitative estimate of drug-likeness (QED) is 0.813. The van der Waals surface area contributed by atoms with Crippen LogP contribution in [0.1, 0.15) is 53.4 Å². The molecule has 0 aromatic rings. The van der Waals surface area contributed by atoms with E-state index in [0.29, 0.717) is 6.42 Å². The van der Waals surface area contributed by atoms with Gasteiger partial charge < -0.3 is 11.1 Å². The van der Waals surface area contributed by atoms with E-state index in [1.54, 1.807) is 0 Å². The van der Waals surface area contributed by atoms with Gasteiger partial charge in [0.15, 0.2) is 0 Å². The highest BCUT2D eigenvalue weighted by Gasteiger charge is 2.39. The number of hydrogen-bond acceptors (Lipinski definition) is 2. The van der Waals surface area contributed by atoms with E-state index in [2.05, 4.69) is 19.2 Å². The van der Waals surface area contributed by atoms with Gasteiger partial charge in [-0.3, -0.25) is 4.79 Å². The van der Waals surface area contributed by atoms with E-state index in [1.165, 1.54) is 0 Å². The van der Waals surface area contributed by atoms with Crippen LogP contribution in [-0.2, 0) is 4.79 Å². The molecule has 0 spiro atoms. The van der Waals surface area contributed by atoms with Crippen molar-refractivity contribution in [2.45, 2.75) is 59.4 Å². The lowest BCUT2D eigenvalue weighted by molar-refractivity contribution is -0.118. The zero-order chi connectivity index (χ0) is 15.3. The summed E-state index contributed by atoms with van der Waals surface area (Å²) in [5.41, 5.74) is 8.03. The minimum atomic E-state index is -0.436. The molecule has 1 aliphatic rings. The van der Waals surface area contributed by atoms with E-state index in [9.17, 15) is 9.18 Å². The van der Waals surface area contributed by atoms with E-state index in [4.69, 9.17) is 5.73 Å². The van der Waals surface area contributed by atoms with Gasteiger partial charge in [-0.05, 0) is 43.3 Å². The highest BCUT2D eigenvalue weighted by Crippen LogP contribution is 2.45. The van der Waals surface area contributed by atoms with Gasteiger partial charge in [0.05, 0.1) is 0 Å². The Morgan fingerprint density at radius 2 is 2.25 bits per heavy atom. The number of hydrogen-bond donors (Lipinski definition) is 2. The standard InChI is InChI=1S/C16H27FN2O/c1-5-7-16(4)9-12(8-14(18)20)19-13(6-2)15(16)11(3)10-17/h6,12,19H,5,7-10H2,1-4H3,(H2,18,20)/b13-6+,15-11+. The van der Waals surface area contributed by atoms with Gasteiger partial charge in [-0.15, -0.1) is 0 Å². The van der Waals surface area contributed by atoms with Crippen LogP contribution in [0.2, 0.25) is 0 Å². The van der Waals surface area contributed by atoms with Crippen molar-refractivity contribution in [3.05, 3.63) is 22.9 Å². The first kappa shape index (κ1) is 16.7. The average Bonchev–Trinajstić information content (AvgIpc) is 2.36. The molecule has 0 aromatic heterocycles. The molecule has 1 heterocycles. The molecular formula is C16H27FN2O. The van der Waals surface area contributed by atoms with Crippen molar-refractivity contribution in [2.75, 3.05) is 6.67 Å². The van der Waals surface area contributed by atoms with Crippen LogP contribution in [0.3, 0.4) is 0 Å². The number of amides is 1. The van der Waals surface area contributed by atoms with Crippen LogP contribution in [0.5, 0.6) is 0 Å². The fraction of sp³-hybridized carbons (Fsp3) is 0.688. The SMILES string of the molecule is C/C=C1/NC(CC(N)=O)CC(C)(CCC)/C1=C(\C)CF. The van der Waals surface area contributed by atoms with Gasteiger partial charge in [0, 0.05) is 18.2 Å². The van der Waals surface area contributed by atoms with Crippen LogP contribution < -0.4 is 11.1 Å². The molecular weight excluding hydrogens is 255 g/mol. The first-order valence-electron chi connectivity index (χ1n) is 7.35. The Bertz CT molecular complexity index is 428. The molecule has 0 aromatic carbocycles. The van der Waals surface area contributed by atoms with Crippen LogP contribution in [0.25, 0.3) is 0 Å². The third kappa shape index (κ3) is 3.62. The largest absolute Gasteiger partial charge is 0.382 e. The van der Waals surface area contributed by atoms with E-state index in [0.717, 1.165) is 36.1 Å². The molecule has 0 bridgehead atoms. The van der Waals surface area contributed by atoms with Gasteiger partial charge in [0.2, 0.25) is 5.91 Å². The minimum Gasteiger partial charge on any atom is -0.382 e. The van der Waals surface area contributed by atoms with Crippen LogP contribution in [-0.4, -0.2) is 18.6 Å². The van der Waals surface area contributed by atoms with Crippen molar-refractivity contribution >= 4 is 5.91 Å². The first-order chi connectivity index (χ1) is 9.37. The Morgan fingerprint density at radius 1 is 1.60 bits per heavy atom. The van der Waals surface area contributed by atoms with Crippen LogP contribution in [0, 0.1) is 5.41 Å². The second kappa shape index (κ2) is 6.91. The predicted molar refractivity (Wildman–Crippen MR) is 80.8 cm³/mol. The number of nitrogens with two attached hydrogens (primary N) is 1. The van der Waals surface area contributed by atoms with Gasteiger partial charge in [-0.2, -0.15) is 0 Å². The second-order valence-electron chi connectivity index (χ2n) is 6.02. The molecule has 4 heteroatoms. The van der Waals surface area contributed by atoms with Crippen molar-refractivity contribution in [2.24, 2.45) is 11.1 Å². The summed E-state index contributed by atoms with van der Waals surface area (Å²) in [5, 5.41) is 3.35. The number of carbonyl (C=O) groups is 1. The molecule has 2 atom stereocenters. The summed E-state index contributed by atoms with van der Waals surface area (Å²) in [6.07, 6.45) is 5.11. The molecule has 3 N–H and O–H groups in total. The summed E-state index contributed by atoms with van der Waals surface area (Å²) >= 11 is 0. The maximum Gasteiger partial charge on any atom is 0.219 e. The number of halogens is 1. The Labute approximate surface area is 121 Å². The predicted octanol–water partition coefficient (Wildman–Crippen LogP) is 3.22. The maximum atomic E-state index is 13.2. The second-order valence-corrected chi connectivity index (χ2v) is 6.02. The molecule has 2 unspecified atom stereocenters. The van der Waals surface area contributed by atoms with Gasteiger partial charge in [-0.25, -0.2) is 4.39 Å². The summed E-state index contributed by atoms with van der Waals surface area (Å²) in [6.45, 7) is 7.65. The van der Waals surface area contributed by atoms with E-state index in [-0.39, 0.29) is 17.4 Å². The Kier molecular flexibility index (Phi) is 5.78. The fourth-order valence-corrected chi connectivity index (χ4v) is 3.50. The molecule has 0 aliphatic carbocycles. The van der Waals surface area contributed by atoms with Gasteiger partial charge in [0.1, 0.15) is 6.67 Å². The topological polar surface area (TPSA) is 55.1 Å². The summed E-state index contributed by atoms with van der Waals surface area (Å²) in [4.78, 5) is 11.2. The van der Waals surface area contributed by atoms with Crippen molar-refractivity contribution in [1.82, 2.24) is 5.32 Å². The highest BCUT2D eigenvalue weighted by molar-refractivity contribution is 5.74. The van der Waals surface area contributed by atoms with Crippen molar-refractivity contribution in [3.8, 4) is 0 Å². The molecule has 0 saturated carbocycles. The van der Waals surface area contributed by atoms with Crippen LogP contribution in [0.15, 0.2) is 22.9 Å². The van der Waals surface area contributed by atoms with E-state index >= 15 is 0 Å². The number of piperidine rings is 1. The fourth-order valence-electron chi connectivity index (χ4n) is 3.50. The number of carbonyl (C=O) groups excluding carboxylic acids is 1. The summed E-state index contributed by atoms with van der Waals surface area (Å²) in [5.74, 6) is -0.300. The smallest absolute Gasteiger partial charge is 0.219 e. The van der Waals surface area contributed by atoms with Crippen LogP contribution >= 0.6 is 0 Å². The summed E-state index contributed by atoms with van der Waals surface area (Å²) in [6, 6.07) is 0.0337. The Morgan fingerprint density at radius 3 is 2.70 bits per heavy atom. The van der Waals surface area contributed by atoms with Crippen molar-refractivity contribution in [3.63, 3.8) is 0 Å². The first-order valence-corrected chi connectivity index (χ1v) is 7.35. The number of primary amides is 1. The van der Waals surface area contributed by atoms with Crippen molar-refractivity contribution < 1.29 is 9.18 Å². The Balaban J connectivity index is 3.20. The Hall–Kier alpha value is -1.32. The number of nitrogens with one attached hydrogen (secondary N) is 1. The zero-order valence-corrected chi connectivity index (χ0v) is 13.1. The molecule has 1 aliphatic heterocycles. The van der Waals surface area contributed by atoms with E-state index in [1.807, 2.05) is 19.9 Å². The van der Waals surface area contributed by atoms with E-state index < -0.39 is 6.67 Å². The molecule has 1 rings (SSSR count). The van der Waals surface area contributed by atoms with Gasteiger partial charge >= 0.3 is 0 Å². The monoisotopic (exact) mass is 282 g/mol. The normalized spacial score (nSPS) is 31.1. The molecule has 3 nitrogen and oxygen atoms in total. The summed E-state index contributed by atoms with van der Waals surface area (Å²) in [7, 11) is 0. The lowest BCUT2D eigenvalue weighted by atomic mass is 9.68. The highest BCUT2D eigenvalue weighted by atomic mass is 19.1. The molecule has 1 fully saturated rings. The lowest BCUT2D eigenvalue weighted by Gasteiger charge is -2.44. The zero-order valence-electron chi connectivity index (χ0n) is 13.1. The van der Waals surface area contributed by atoms with Crippen LogP contribution in [0.4, 0.5) is 4.39 Å². The summed E-state index contributed by atoms with van der Waals surface area (Å²) < 4.78 is 13.2. The van der Waals surface area contributed by atoms with Gasteiger partial charge in [-0.1, -0.05) is 26.3 Å². The third-order valence-corrected chi connectivity index (χ3v) is 4.09. The minimum absolute atomic E-state index is 0.0337. The average molecular weight is 282 g/mol. The number of rotatable bonds is 5. The molecule has 1 saturated heterocycles. The third-order valence-electron chi connectivity index (χ3n) is 4.09. The molecule has 114 valence electrons. The number of alkyl halides is 1.